The van der Waals surface area contributed by atoms with Crippen molar-refractivity contribution in [2.75, 3.05) is 72.1 Å². The maximum absolute atomic E-state index is 12.1. The van der Waals surface area contributed by atoms with E-state index in [1.165, 1.54) is 0 Å². The van der Waals surface area contributed by atoms with Gasteiger partial charge in [0.2, 0.25) is 5.91 Å². The summed E-state index contributed by atoms with van der Waals surface area (Å²) in [6.45, 7) is 6.40. The highest BCUT2D eigenvalue weighted by atomic mass is 16.5. The topological polar surface area (TPSA) is 160 Å². The van der Waals surface area contributed by atoms with Crippen molar-refractivity contribution in [3.05, 3.63) is 0 Å². The molecule has 194 valence electrons. The van der Waals surface area contributed by atoms with E-state index in [1.807, 2.05) is 13.8 Å². The van der Waals surface area contributed by atoms with Gasteiger partial charge >= 0.3 is 17.9 Å². The van der Waals surface area contributed by atoms with Gasteiger partial charge in [-0.25, -0.2) is 0 Å². The van der Waals surface area contributed by atoms with Crippen LogP contribution in [0, 0.1) is 0 Å². The lowest BCUT2D eigenvalue weighted by molar-refractivity contribution is -0.145. The SMILES string of the molecule is [B]CCOCCNC(=O)CCC(C(=O)O)N(CCN(CC)CC(=O)O)CCN(CC)CC(=O)O. The summed E-state index contributed by atoms with van der Waals surface area (Å²) >= 11 is 0. The summed E-state index contributed by atoms with van der Waals surface area (Å²) in [4.78, 5) is 51.3. The molecule has 0 aliphatic heterocycles. The normalized spacial score (nSPS) is 12.3. The third-order valence-electron chi connectivity index (χ3n) is 5.22. The van der Waals surface area contributed by atoms with E-state index in [0.29, 0.717) is 52.3 Å². The molecule has 4 N–H and O–H groups in total. The molecule has 1 amide bonds. The number of carbonyl (C=O) groups excluding carboxylic acids is 1. The van der Waals surface area contributed by atoms with Crippen LogP contribution in [0.1, 0.15) is 26.7 Å². The quantitative estimate of drug-likeness (QED) is 0.110. The van der Waals surface area contributed by atoms with Gasteiger partial charge in [0, 0.05) is 45.8 Å². The zero-order valence-electron chi connectivity index (χ0n) is 20.3. The first kappa shape index (κ1) is 31.8. The number of hydrogen-bond acceptors (Lipinski definition) is 8. The fraction of sp³-hybridized carbons (Fsp3) is 0.810. The summed E-state index contributed by atoms with van der Waals surface area (Å²) in [7, 11) is 5.32. The molecule has 0 fully saturated rings. The third kappa shape index (κ3) is 15.6. The predicted octanol–water partition coefficient (Wildman–Crippen LogP) is -0.946. The van der Waals surface area contributed by atoms with E-state index in [1.54, 1.807) is 14.7 Å². The van der Waals surface area contributed by atoms with Crippen LogP contribution >= 0.6 is 0 Å². The highest BCUT2D eigenvalue weighted by Gasteiger charge is 2.27. The van der Waals surface area contributed by atoms with Gasteiger partial charge in [-0.1, -0.05) is 20.2 Å². The minimum Gasteiger partial charge on any atom is -0.480 e. The molecule has 0 bridgehead atoms. The smallest absolute Gasteiger partial charge is 0.320 e. The lowest BCUT2D eigenvalue weighted by atomic mass is 10.1. The lowest BCUT2D eigenvalue weighted by Gasteiger charge is -2.32. The molecule has 1 unspecified atom stereocenters. The first-order chi connectivity index (χ1) is 16.1. The van der Waals surface area contributed by atoms with Crippen molar-refractivity contribution < 1.29 is 39.2 Å². The van der Waals surface area contributed by atoms with Gasteiger partial charge in [-0.3, -0.25) is 33.9 Å². The Kier molecular flexibility index (Phi) is 17.9. The van der Waals surface area contributed by atoms with Crippen molar-refractivity contribution >= 4 is 31.7 Å². The van der Waals surface area contributed by atoms with Crippen LogP contribution in [0.5, 0.6) is 0 Å². The van der Waals surface area contributed by atoms with Crippen molar-refractivity contribution in [2.24, 2.45) is 0 Å². The lowest BCUT2D eigenvalue weighted by Crippen LogP contribution is -2.49. The van der Waals surface area contributed by atoms with Crippen molar-refractivity contribution in [3.8, 4) is 0 Å². The number of likely N-dealkylation sites (N-methyl/N-ethyl adjacent to an activating group) is 2. The predicted molar refractivity (Wildman–Crippen MR) is 126 cm³/mol. The van der Waals surface area contributed by atoms with Crippen LogP contribution in [-0.2, 0) is 23.9 Å². The molecule has 0 aromatic rings. The Bertz CT molecular complexity index is 598. The van der Waals surface area contributed by atoms with Crippen LogP contribution in [0.15, 0.2) is 0 Å². The number of aliphatic carboxylic acids is 3. The van der Waals surface area contributed by atoms with Crippen molar-refractivity contribution in [2.45, 2.75) is 39.1 Å². The second-order valence-electron chi connectivity index (χ2n) is 7.70. The molecular weight excluding hydrogens is 447 g/mol. The van der Waals surface area contributed by atoms with E-state index in [0.717, 1.165) is 0 Å². The fourth-order valence-electron chi connectivity index (χ4n) is 3.31. The first-order valence-corrected chi connectivity index (χ1v) is 11.5. The Morgan fingerprint density at radius 1 is 0.882 bits per heavy atom. The number of rotatable bonds is 22. The summed E-state index contributed by atoms with van der Waals surface area (Å²) in [6.07, 6.45) is 0.429. The van der Waals surface area contributed by atoms with Crippen LogP contribution in [0.25, 0.3) is 0 Å². The van der Waals surface area contributed by atoms with Gasteiger partial charge in [0.1, 0.15) is 6.04 Å². The minimum atomic E-state index is -1.10. The fourth-order valence-corrected chi connectivity index (χ4v) is 3.31. The molecule has 34 heavy (non-hydrogen) atoms. The van der Waals surface area contributed by atoms with E-state index in [-0.39, 0.29) is 44.9 Å². The molecule has 2 radical (unpaired) electrons. The molecule has 13 heteroatoms. The average Bonchev–Trinajstić information content (AvgIpc) is 2.77. The molecule has 0 aromatic carbocycles. The number of hydrogen-bond donors (Lipinski definition) is 4. The molecule has 12 nitrogen and oxygen atoms in total. The van der Waals surface area contributed by atoms with Gasteiger partial charge in [-0.15, -0.1) is 0 Å². The molecule has 0 saturated heterocycles. The van der Waals surface area contributed by atoms with Crippen molar-refractivity contribution in [3.63, 3.8) is 0 Å². The molecule has 0 aliphatic carbocycles. The summed E-state index contributed by atoms with van der Waals surface area (Å²) in [5, 5.41) is 30.6. The Morgan fingerprint density at radius 2 is 1.41 bits per heavy atom. The second kappa shape index (κ2) is 19.1. The number of ether oxygens (including phenoxy) is 1. The van der Waals surface area contributed by atoms with Crippen LogP contribution < -0.4 is 5.32 Å². The first-order valence-electron chi connectivity index (χ1n) is 11.5. The molecular formula is C21H39BN4O8. The van der Waals surface area contributed by atoms with Crippen LogP contribution in [0.3, 0.4) is 0 Å². The van der Waals surface area contributed by atoms with E-state index >= 15 is 0 Å². The number of carboxylic acid groups (broad SMARTS) is 3. The third-order valence-corrected chi connectivity index (χ3v) is 5.22. The Balaban J connectivity index is 5.14. The van der Waals surface area contributed by atoms with Crippen LogP contribution in [0.4, 0.5) is 0 Å². The zero-order chi connectivity index (χ0) is 25.9. The van der Waals surface area contributed by atoms with Gasteiger partial charge < -0.3 is 25.4 Å². The zero-order valence-corrected chi connectivity index (χ0v) is 20.3. The van der Waals surface area contributed by atoms with Crippen LogP contribution in [-0.4, -0.2) is 140 Å². The highest BCUT2D eigenvalue weighted by molar-refractivity contribution is 6.08. The Labute approximate surface area is 202 Å². The van der Waals surface area contributed by atoms with Gasteiger partial charge in [-0.2, -0.15) is 0 Å². The van der Waals surface area contributed by atoms with Crippen molar-refractivity contribution in [1.29, 1.82) is 0 Å². The molecule has 1 atom stereocenters. The number of nitrogens with one attached hydrogen (secondary N) is 1. The summed E-state index contributed by atoms with van der Waals surface area (Å²) < 4.78 is 5.19. The molecule has 0 spiro atoms. The van der Waals surface area contributed by atoms with Crippen LogP contribution in [0.2, 0.25) is 6.32 Å². The minimum absolute atomic E-state index is 0.0103. The second-order valence-corrected chi connectivity index (χ2v) is 7.70. The van der Waals surface area contributed by atoms with Crippen molar-refractivity contribution in [1.82, 2.24) is 20.0 Å². The summed E-state index contributed by atoms with van der Waals surface area (Å²) in [6, 6.07) is -0.980. The average molecular weight is 486 g/mol. The maximum Gasteiger partial charge on any atom is 0.320 e. The Morgan fingerprint density at radius 3 is 1.82 bits per heavy atom. The van der Waals surface area contributed by atoms with Gasteiger partial charge in [-0.05, 0) is 19.5 Å². The maximum atomic E-state index is 12.1. The highest BCUT2D eigenvalue weighted by Crippen LogP contribution is 2.10. The largest absolute Gasteiger partial charge is 0.480 e. The number of carbonyl (C=O) groups is 4. The summed E-state index contributed by atoms with van der Waals surface area (Å²) in [5.74, 6) is -3.35. The number of amides is 1. The van der Waals surface area contributed by atoms with E-state index in [9.17, 15) is 24.3 Å². The van der Waals surface area contributed by atoms with Gasteiger partial charge in [0.05, 0.1) is 27.5 Å². The number of carboxylic acids is 3. The molecule has 0 rings (SSSR count). The molecule has 0 saturated carbocycles. The molecule has 0 aliphatic rings. The van der Waals surface area contributed by atoms with Gasteiger partial charge in [0.15, 0.2) is 0 Å². The molecule has 0 heterocycles. The molecule has 0 aromatic heterocycles. The van der Waals surface area contributed by atoms with Gasteiger partial charge in [0.25, 0.3) is 0 Å². The summed E-state index contributed by atoms with van der Waals surface area (Å²) in [5.41, 5.74) is 0. The van der Waals surface area contributed by atoms with E-state index < -0.39 is 23.9 Å². The van der Waals surface area contributed by atoms with E-state index in [2.05, 4.69) is 5.32 Å². The monoisotopic (exact) mass is 486 g/mol. The standard InChI is InChI=1S/C21H39BN4O8/c1-3-24(15-19(28)29)9-11-26(12-10-25(4-2)16-20(30)31)17(21(32)33)5-6-18(27)23-8-14-34-13-7-22/h17H,3-16H2,1-2H3,(H,23,27)(H,28,29)(H,30,31)(H,32,33). The van der Waals surface area contributed by atoms with E-state index in [4.69, 9.17) is 22.8 Å². The Hall–Kier alpha value is -2.22. The number of nitrogens with zero attached hydrogens (tertiary/aromatic N) is 3.